The summed E-state index contributed by atoms with van der Waals surface area (Å²) in [7, 11) is 1.93. The van der Waals surface area contributed by atoms with E-state index in [1.807, 2.05) is 41.8 Å². The molecule has 0 aromatic carbocycles. The van der Waals surface area contributed by atoms with Gasteiger partial charge >= 0.3 is 0 Å². The summed E-state index contributed by atoms with van der Waals surface area (Å²) in [6.07, 6.45) is 5.68. The molecular formula is C7H10BrN3. The number of rotatable bonds is 1. The molecule has 0 aliphatic heterocycles. The first-order valence-electron chi connectivity index (χ1n) is 3.16. The van der Waals surface area contributed by atoms with Crippen molar-refractivity contribution in [3.8, 4) is 6.07 Å². The number of nitrogens with zero attached hydrogens (tertiary/aromatic N) is 3. The smallest absolute Gasteiger partial charge is 0.244 e. The van der Waals surface area contributed by atoms with Crippen molar-refractivity contribution in [1.82, 2.24) is 4.57 Å². The van der Waals surface area contributed by atoms with E-state index in [1.54, 1.807) is 0 Å². The van der Waals surface area contributed by atoms with E-state index >= 15 is 0 Å². The molecule has 0 spiro atoms. The SMILES string of the molecule is CC(C#N)n1cc[n+](C)c1.[Br-]. The lowest BCUT2D eigenvalue weighted by Gasteiger charge is -1.92. The molecule has 0 saturated carbocycles. The van der Waals surface area contributed by atoms with Gasteiger partial charge in [-0.05, 0) is 6.92 Å². The van der Waals surface area contributed by atoms with E-state index in [2.05, 4.69) is 6.07 Å². The summed E-state index contributed by atoms with van der Waals surface area (Å²) >= 11 is 0. The Balaban J connectivity index is 0.000001000. The van der Waals surface area contributed by atoms with Crippen LogP contribution in [0, 0.1) is 11.3 Å². The summed E-state index contributed by atoms with van der Waals surface area (Å²) in [6.45, 7) is 1.86. The Bertz CT molecular complexity index is 261. The molecule has 1 aromatic rings. The summed E-state index contributed by atoms with van der Waals surface area (Å²) < 4.78 is 3.77. The Morgan fingerprint density at radius 2 is 2.27 bits per heavy atom. The van der Waals surface area contributed by atoms with Crippen LogP contribution in [0.3, 0.4) is 0 Å². The van der Waals surface area contributed by atoms with Gasteiger partial charge in [-0.15, -0.1) is 0 Å². The quantitative estimate of drug-likeness (QED) is 0.474. The number of aromatic nitrogens is 2. The van der Waals surface area contributed by atoms with Gasteiger partial charge in [0, 0.05) is 0 Å². The maximum absolute atomic E-state index is 8.52. The molecule has 0 aliphatic rings. The highest BCUT2D eigenvalue weighted by molar-refractivity contribution is 4.87. The first kappa shape index (κ1) is 10.2. The Kier molecular flexibility index (Phi) is 3.83. The maximum atomic E-state index is 8.52. The number of nitriles is 1. The second-order valence-corrected chi connectivity index (χ2v) is 2.33. The zero-order valence-corrected chi connectivity index (χ0v) is 8.12. The predicted molar refractivity (Wildman–Crippen MR) is 35.9 cm³/mol. The fourth-order valence-electron chi connectivity index (χ4n) is 0.765. The van der Waals surface area contributed by atoms with Crippen LogP contribution in [0.15, 0.2) is 18.7 Å². The van der Waals surface area contributed by atoms with Gasteiger partial charge in [-0.3, -0.25) is 0 Å². The molecule has 1 atom stereocenters. The van der Waals surface area contributed by atoms with Crippen LogP contribution in [-0.4, -0.2) is 4.57 Å². The molecule has 0 N–H and O–H groups in total. The van der Waals surface area contributed by atoms with Crippen LogP contribution < -0.4 is 21.5 Å². The first-order valence-corrected chi connectivity index (χ1v) is 3.16. The van der Waals surface area contributed by atoms with Gasteiger partial charge in [0.25, 0.3) is 0 Å². The van der Waals surface area contributed by atoms with Gasteiger partial charge in [0.2, 0.25) is 6.33 Å². The molecular weight excluding hydrogens is 206 g/mol. The van der Waals surface area contributed by atoms with E-state index in [1.165, 1.54) is 0 Å². The van der Waals surface area contributed by atoms with Crippen molar-refractivity contribution >= 4 is 0 Å². The van der Waals surface area contributed by atoms with Crippen molar-refractivity contribution in [2.24, 2.45) is 7.05 Å². The standard InChI is InChI=1S/C7H10N3.BrH/c1-7(5-8)10-4-3-9(2)6-10;/h3-4,6-7H,1-2H3;1H/q+1;/p-1. The minimum absolute atomic E-state index is 0. The molecule has 0 aliphatic carbocycles. The molecule has 1 unspecified atom stereocenters. The number of halogens is 1. The van der Waals surface area contributed by atoms with Gasteiger partial charge < -0.3 is 17.0 Å². The van der Waals surface area contributed by atoms with Gasteiger partial charge in [-0.25, -0.2) is 9.13 Å². The Morgan fingerprint density at radius 1 is 1.64 bits per heavy atom. The fraction of sp³-hybridized carbons (Fsp3) is 0.429. The minimum atomic E-state index is -0.0683. The molecule has 1 aromatic heterocycles. The highest BCUT2D eigenvalue weighted by atomic mass is 79.9. The predicted octanol–water partition coefficient (Wildman–Crippen LogP) is -2.60. The molecule has 0 radical (unpaired) electrons. The van der Waals surface area contributed by atoms with Crippen LogP contribution in [0.25, 0.3) is 0 Å². The van der Waals surface area contributed by atoms with E-state index < -0.39 is 0 Å². The zero-order valence-electron chi connectivity index (χ0n) is 6.53. The number of imidazole rings is 1. The molecule has 0 saturated heterocycles. The highest BCUT2D eigenvalue weighted by Gasteiger charge is 2.06. The van der Waals surface area contributed by atoms with Gasteiger partial charge in [0.15, 0.2) is 6.04 Å². The van der Waals surface area contributed by atoms with Gasteiger partial charge in [0.05, 0.1) is 7.05 Å². The van der Waals surface area contributed by atoms with Crippen molar-refractivity contribution in [2.75, 3.05) is 0 Å². The van der Waals surface area contributed by atoms with Gasteiger partial charge in [0.1, 0.15) is 18.5 Å². The molecule has 1 heterocycles. The lowest BCUT2D eigenvalue weighted by molar-refractivity contribution is -0.671. The van der Waals surface area contributed by atoms with Gasteiger partial charge in [-0.2, -0.15) is 5.26 Å². The third-order valence-corrected chi connectivity index (χ3v) is 1.42. The van der Waals surface area contributed by atoms with Crippen molar-refractivity contribution in [3.63, 3.8) is 0 Å². The van der Waals surface area contributed by atoms with E-state index in [9.17, 15) is 0 Å². The Morgan fingerprint density at radius 3 is 2.64 bits per heavy atom. The van der Waals surface area contributed by atoms with E-state index in [4.69, 9.17) is 5.26 Å². The molecule has 0 bridgehead atoms. The lowest BCUT2D eigenvalue weighted by atomic mass is 10.4. The van der Waals surface area contributed by atoms with Crippen molar-refractivity contribution < 1.29 is 21.5 Å². The average molecular weight is 216 g/mol. The number of hydrogen-bond acceptors (Lipinski definition) is 1. The van der Waals surface area contributed by atoms with E-state index in [-0.39, 0.29) is 23.0 Å². The van der Waals surface area contributed by atoms with Crippen LogP contribution in [-0.2, 0) is 7.05 Å². The average Bonchev–Trinajstić information content (AvgIpc) is 2.34. The van der Waals surface area contributed by atoms with Crippen LogP contribution >= 0.6 is 0 Å². The number of aryl methyl sites for hydroxylation is 1. The minimum Gasteiger partial charge on any atom is -1.00 e. The molecule has 4 heteroatoms. The normalized spacial score (nSPS) is 11.4. The highest BCUT2D eigenvalue weighted by Crippen LogP contribution is 1.99. The molecule has 11 heavy (non-hydrogen) atoms. The third-order valence-electron chi connectivity index (χ3n) is 1.42. The Labute approximate surface area is 76.6 Å². The van der Waals surface area contributed by atoms with Crippen LogP contribution in [0.1, 0.15) is 13.0 Å². The molecule has 0 amide bonds. The first-order chi connectivity index (χ1) is 4.74. The van der Waals surface area contributed by atoms with Gasteiger partial charge in [-0.1, -0.05) is 0 Å². The zero-order chi connectivity index (χ0) is 7.56. The Hall–Kier alpha value is -0.820. The van der Waals surface area contributed by atoms with Crippen molar-refractivity contribution in [1.29, 1.82) is 5.26 Å². The molecule has 60 valence electrons. The molecule has 0 fully saturated rings. The monoisotopic (exact) mass is 215 g/mol. The second-order valence-electron chi connectivity index (χ2n) is 2.33. The third kappa shape index (κ3) is 2.35. The molecule has 3 nitrogen and oxygen atoms in total. The molecule has 1 rings (SSSR count). The largest absolute Gasteiger partial charge is 1.00 e. The van der Waals surface area contributed by atoms with Crippen molar-refractivity contribution in [2.45, 2.75) is 13.0 Å². The van der Waals surface area contributed by atoms with Crippen molar-refractivity contribution in [3.05, 3.63) is 18.7 Å². The summed E-state index contributed by atoms with van der Waals surface area (Å²) in [4.78, 5) is 0. The van der Waals surface area contributed by atoms with Crippen LogP contribution in [0.2, 0.25) is 0 Å². The number of hydrogen-bond donors (Lipinski definition) is 0. The summed E-state index contributed by atoms with van der Waals surface area (Å²) in [5.41, 5.74) is 0. The fourth-order valence-corrected chi connectivity index (χ4v) is 0.765. The van der Waals surface area contributed by atoms with E-state index in [0.29, 0.717) is 0 Å². The summed E-state index contributed by atoms with van der Waals surface area (Å²) in [6, 6.07) is 2.08. The van der Waals surface area contributed by atoms with E-state index in [0.717, 1.165) is 0 Å². The van der Waals surface area contributed by atoms with Crippen LogP contribution in [0.4, 0.5) is 0 Å². The van der Waals surface area contributed by atoms with Crippen LogP contribution in [0.5, 0.6) is 0 Å². The maximum Gasteiger partial charge on any atom is 0.244 e. The summed E-state index contributed by atoms with van der Waals surface area (Å²) in [5, 5.41) is 8.52. The second kappa shape index (κ2) is 4.14. The summed E-state index contributed by atoms with van der Waals surface area (Å²) in [5.74, 6) is 0. The topological polar surface area (TPSA) is 32.6 Å². The lowest BCUT2D eigenvalue weighted by Crippen LogP contribution is -3.00.